The van der Waals surface area contributed by atoms with Crippen molar-refractivity contribution in [2.24, 2.45) is 5.41 Å². The summed E-state index contributed by atoms with van der Waals surface area (Å²) in [6.07, 6.45) is 14.6. The largest absolute Gasteiger partial charge is 0.311 e. The molecule has 1 heteroatoms. The zero-order chi connectivity index (χ0) is 15.5. The van der Waals surface area contributed by atoms with Crippen molar-refractivity contribution in [3.8, 4) is 0 Å². The highest BCUT2D eigenvalue weighted by molar-refractivity contribution is 4.94. The Bertz CT molecular complexity index is 239. The van der Waals surface area contributed by atoms with Crippen LogP contribution in [0.25, 0.3) is 0 Å². The van der Waals surface area contributed by atoms with Gasteiger partial charge in [-0.15, -0.1) is 6.58 Å². The van der Waals surface area contributed by atoms with Crippen LogP contribution in [0.5, 0.6) is 0 Å². The van der Waals surface area contributed by atoms with Crippen molar-refractivity contribution >= 4 is 0 Å². The molecule has 0 heterocycles. The number of unbranched alkanes of at least 4 members (excludes halogenated alkanes) is 7. The predicted molar refractivity (Wildman–Crippen MR) is 93.3 cm³/mol. The van der Waals surface area contributed by atoms with E-state index < -0.39 is 0 Å². The van der Waals surface area contributed by atoms with Gasteiger partial charge >= 0.3 is 0 Å². The second kappa shape index (κ2) is 10.4. The van der Waals surface area contributed by atoms with E-state index in [1.165, 1.54) is 57.8 Å². The molecule has 0 bridgehead atoms. The Balaban J connectivity index is 3.70. The van der Waals surface area contributed by atoms with E-state index in [1.54, 1.807) is 0 Å². The molecule has 0 aliphatic carbocycles. The van der Waals surface area contributed by atoms with E-state index in [2.05, 4.69) is 52.6 Å². The topological polar surface area (TPSA) is 12.0 Å². The van der Waals surface area contributed by atoms with Crippen LogP contribution in [-0.2, 0) is 0 Å². The molecule has 0 fully saturated rings. The summed E-state index contributed by atoms with van der Waals surface area (Å²) in [4.78, 5) is 0. The predicted octanol–water partition coefficient (Wildman–Crippen LogP) is 6.10. The van der Waals surface area contributed by atoms with Gasteiger partial charge < -0.3 is 5.32 Å². The van der Waals surface area contributed by atoms with Crippen molar-refractivity contribution in [3.05, 3.63) is 12.7 Å². The molecule has 1 atom stereocenters. The van der Waals surface area contributed by atoms with Crippen molar-refractivity contribution in [2.75, 3.05) is 6.54 Å². The lowest BCUT2D eigenvalue weighted by atomic mass is 9.84. The van der Waals surface area contributed by atoms with Crippen LogP contribution < -0.4 is 5.32 Å². The van der Waals surface area contributed by atoms with Gasteiger partial charge in [0.25, 0.3) is 0 Å². The van der Waals surface area contributed by atoms with Crippen LogP contribution >= 0.6 is 0 Å². The van der Waals surface area contributed by atoms with Crippen molar-refractivity contribution in [1.29, 1.82) is 0 Å². The first kappa shape index (κ1) is 19.7. The third-order valence-corrected chi connectivity index (χ3v) is 4.12. The summed E-state index contributed by atoms with van der Waals surface area (Å²) in [6.45, 7) is 16.4. The van der Waals surface area contributed by atoms with Gasteiger partial charge in [0, 0.05) is 12.1 Å². The maximum Gasteiger partial charge on any atom is 0.00968 e. The van der Waals surface area contributed by atoms with Gasteiger partial charge in [0.05, 0.1) is 0 Å². The van der Waals surface area contributed by atoms with Gasteiger partial charge in [-0.1, -0.05) is 71.3 Å². The van der Waals surface area contributed by atoms with Crippen LogP contribution in [0.1, 0.15) is 92.4 Å². The van der Waals surface area contributed by atoms with Gasteiger partial charge in [-0.3, -0.25) is 0 Å². The first-order valence-corrected chi connectivity index (χ1v) is 8.71. The number of hydrogen-bond acceptors (Lipinski definition) is 1. The summed E-state index contributed by atoms with van der Waals surface area (Å²) >= 11 is 0. The summed E-state index contributed by atoms with van der Waals surface area (Å²) < 4.78 is 0. The molecule has 0 aromatic carbocycles. The van der Waals surface area contributed by atoms with Crippen LogP contribution in [0.4, 0.5) is 0 Å². The highest BCUT2D eigenvalue weighted by Crippen LogP contribution is 2.26. The zero-order valence-electron chi connectivity index (χ0n) is 14.9. The third-order valence-electron chi connectivity index (χ3n) is 4.12. The molecule has 0 saturated carbocycles. The Labute approximate surface area is 128 Å². The molecule has 1 unspecified atom stereocenters. The molecule has 0 aromatic heterocycles. The fraction of sp³-hybridized carbons (Fsp3) is 0.895. The van der Waals surface area contributed by atoms with E-state index in [0.29, 0.717) is 0 Å². The highest BCUT2D eigenvalue weighted by atomic mass is 15.0. The second-order valence-electron chi connectivity index (χ2n) is 7.69. The van der Waals surface area contributed by atoms with Gasteiger partial charge in [-0.05, 0) is 32.6 Å². The minimum atomic E-state index is 0.198. The highest BCUT2D eigenvalue weighted by Gasteiger charge is 2.22. The third kappa shape index (κ3) is 11.5. The Morgan fingerprint density at radius 1 is 0.850 bits per heavy atom. The Morgan fingerprint density at radius 2 is 1.35 bits per heavy atom. The van der Waals surface area contributed by atoms with Gasteiger partial charge in [-0.2, -0.15) is 0 Å². The molecular formula is C19H39N. The van der Waals surface area contributed by atoms with E-state index >= 15 is 0 Å². The van der Waals surface area contributed by atoms with Crippen molar-refractivity contribution in [3.63, 3.8) is 0 Å². The van der Waals surface area contributed by atoms with Crippen molar-refractivity contribution in [2.45, 2.75) is 97.9 Å². The lowest BCUT2D eigenvalue weighted by Crippen LogP contribution is -2.42. The first-order chi connectivity index (χ1) is 9.33. The molecule has 1 N–H and O–H groups in total. The summed E-state index contributed by atoms with van der Waals surface area (Å²) in [7, 11) is 0. The molecule has 0 aliphatic heterocycles. The molecule has 20 heavy (non-hydrogen) atoms. The summed E-state index contributed by atoms with van der Waals surface area (Å²) in [6, 6.07) is 0. The lowest BCUT2D eigenvalue weighted by molar-refractivity contribution is 0.299. The van der Waals surface area contributed by atoms with Gasteiger partial charge in [0.1, 0.15) is 0 Å². The normalized spacial score (nSPS) is 15.1. The Hall–Kier alpha value is -0.300. The van der Waals surface area contributed by atoms with Crippen LogP contribution in [0.2, 0.25) is 0 Å². The lowest BCUT2D eigenvalue weighted by Gasteiger charge is -2.31. The average Bonchev–Trinajstić information content (AvgIpc) is 2.39. The van der Waals surface area contributed by atoms with E-state index in [4.69, 9.17) is 0 Å². The molecule has 0 rings (SSSR count). The standard InChI is InChI=1S/C19H39N/c1-7-9-10-11-12-13-14-15-16-19(6,8-2)17-20-18(3,4)5/h8,20H,2,7,9-17H2,1,3-6H3. The van der Waals surface area contributed by atoms with Crippen LogP contribution in [0.15, 0.2) is 12.7 Å². The molecule has 0 spiro atoms. The van der Waals surface area contributed by atoms with Crippen LogP contribution in [-0.4, -0.2) is 12.1 Å². The van der Waals surface area contributed by atoms with E-state index in [-0.39, 0.29) is 11.0 Å². The molecule has 0 radical (unpaired) electrons. The van der Waals surface area contributed by atoms with Gasteiger partial charge in [-0.25, -0.2) is 0 Å². The van der Waals surface area contributed by atoms with Gasteiger partial charge in [0.15, 0.2) is 0 Å². The number of nitrogens with one attached hydrogen (secondary N) is 1. The van der Waals surface area contributed by atoms with E-state index in [0.717, 1.165) is 6.54 Å². The number of rotatable bonds is 12. The quantitative estimate of drug-likeness (QED) is 0.337. The molecule has 1 nitrogen and oxygen atoms in total. The van der Waals surface area contributed by atoms with E-state index in [1.807, 2.05) is 0 Å². The Kier molecular flexibility index (Phi) is 10.3. The smallest absolute Gasteiger partial charge is 0.00968 e. The maximum absolute atomic E-state index is 4.04. The average molecular weight is 282 g/mol. The molecule has 0 saturated heterocycles. The minimum Gasteiger partial charge on any atom is -0.311 e. The van der Waals surface area contributed by atoms with Crippen molar-refractivity contribution in [1.82, 2.24) is 5.32 Å². The SMILES string of the molecule is C=CC(C)(CCCCCCCCCC)CNC(C)(C)C. The number of hydrogen-bond donors (Lipinski definition) is 1. The Morgan fingerprint density at radius 3 is 1.80 bits per heavy atom. The molecule has 0 aromatic rings. The minimum absolute atomic E-state index is 0.198. The molecular weight excluding hydrogens is 242 g/mol. The van der Waals surface area contributed by atoms with Crippen molar-refractivity contribution < 1.29 is 0 Å². The summed E-state index contributed by atoms with van der Waals surface area (Å²) in [5.74, 6) is 0. The maximum atomic E-state index is 4.04. The molecule has 120 valence electrons. The monoisotopic (exact) mass is 281 g/mol. The van der Waals surface area contributed by atoms with Crippen LogP contribution in [0.3, 0.4) is 0 Å². The fourth-order valence-electron chi connectivity index (χ4n) is 2.39. The molecule has 0 aliphatic rings. The first-order valence-electron chi connectivity index (χ1n) is 8.71. The van der Waals surface area contributed by atoms with E-state index in [9.17, 15) is 0 Å². The van der Waals surface area contributed by atoms with Crippen LogP contribution in [0, 0.1) is 5.41 Å². The zero-order valence-corrected chi connectivity index (χ0v) is 14.9. The molecule has 0 amide bonds. The second-order valence-corrected chi connectivity index (χ2v) is 7.69. The fourth-order valence-corrected chi connectivity index (χ4v) is 2.39. The van der Waals surface area contributed by atoms with Gasteiger partial charge in [0.2, 0.25) is 0 Å². The summed E-state index contributed by atoms with van der Waals surface area (Å²) in [5.41, 5.74) is 0.443. The summed E-state index contributed by atoms with van der Waals surface area (Å²) in [5, 5.41) is 3.62.